The SMILES string of the molecule is CCCCC=CC=CCCCCOCOCCCCCCCC. The van der Waals surface area contributed by atoms with Gasteiger partial charge in [0.25, 0.3) is 0 Å². The van der Waals surface area contributed by atoms with Crippen molar-refractivity contribution in [3.05, 3.63) is 24.3 Å². The van der Waals surface area contributed by atoms with Gasteiger partial charge in [-0.1, -0.05) is 83.1 Å². The van der Waals surface area contributed by atoms with Crippen LogP contribution in [0.15, 0.2) is 24.3 Å². The molecule has 0 aromatic carbocycles. The van der Waals surface area contributed by atoms with E-state index < -0.39 is 0 Å². The van der Waals surface area contributed by atoms with E-state index in [1.165, 1.54) is 64.2 Å². The minimum absolute atomic E-state index is 0.463. The van der Waals surface area contributed by atoms with Crippen LogP contribution in [0.1, 0.15) is 90.9 Å². The Morgan fingerprint density at radius 2 is 1.09 bits per heavy atom. The maximum atomic E-state index is 5.49. The second-order valence-corrected chi connectivity index (χ2v) is 6.20. The molecule has 0 saturated heterocycles. The van der Waals surface area contributed by atoms with Crippen molar-refractivity contribution >= 4 is 0 Å². The van der Waals surface area contributed by atoms with Crippen LogP contribution < -0.4 is 0 Å². The van der Waals surface area contributed by atoms with Crippen molar-refractivity contribution in [1.82, 2.24) is 0 Å². The van der Waals surface area contributed by atoms with Crippen molar-refractivity contribution in [3.63, 3.8) is 0 Å². The van der Waals surface area contributed by atoms with E-state index in [0.717, 1.165) is 26.1 Å². The van der Waals surface area contributed by atoms with Crippen molar-refractivity contribution < 1.29 is 9.47 Å². The third-order valence-corrected chi connectivity index (χ3v) is 3.83. The summed E-state index contributed by atoms with van der Waals surface area (Å²) in [7, 11) is 0. The molecule has 136 valence electrons. The molecule has 23 heavy (non-hydrogen) atoms. The number of hydrogen-bond donors (Lipinski definition) is 0. The second-order valence-electron chi connectivity index (χ2n) is 6.20. The van der Waals surface area contributed by atoms with Crippen LogP contribution in [0, 0.1) is 0 Å². The Hall–Kier alpha value is -0.600. The summed E-state index contributed by atoms with van der Waals surface area (Å²) in [5.41, 5.74) is 0. The monoisotopic (exact) mass is 324 g/mol. The molecule has 0 spiro atoms. The summed E-state index contributed by atoms with van der Waals surface area (Å²) in [5.74, 6) is 0. The average molecular weight is 325 g/mol. The van der Waals surface area contributed by atoms with E-state index in [1.807, 2.05) is 0 Å². The first-order valence-electron chi connectivity index (χ1n) is 9.89. The predicted molar refractivity (Wildman–Crippen MR) is 102 cm³/mol. The fourth-order valence-corrected chi connectivity index (χ4v) is 2.30. The molecule has 0 fully saturated rings. The Kier molecular flexibility index (Phi) is 20.8. The highest BCUT2D eigenvalue weighted by Gasteiger charge is 1.92. The zero-order valence-corrected chi connectivity index (χ0v) is 15.7. The molecule has 0 atom stereocenters. The number of hydrogen-bond acceptors (Lipinski definition) is 2. The Labute approximate surface area is 145 Å². The van der Waals surface area contributed by atoms with Crippen molar-refractivity contribution in [2.45, 2.75) is 90.9 Å². The third-order valence-electron chi connectivity index (χ3n) is 3.83. The lowest BCUT2D eigenvalue weighted by Crippen LogP contribution is -2.02. The van der Waals surface area contributed by atoms with Crippen LogP contribution in [0.5, 0.6) is 0 Å². The molecule has 0 aromatic rings. The summed E-state index contributed by atoms with van der Waals surface area (Å²) < 4.78 is 11.0. The second kappa shape index (κ2) is 21.4. The van der Waals surface area contributed by atoms with Gasteiger partial charge in [-0.15, -0.1) is 0 Å². The minimum Gasteiger partial charge on any atom is -0.355 e. The van der Waals surface area contributed by atoms with Gasteiger partial charge in [-0.25, -0.2) is 0 Å². The molecule has 0 saturated carbocycles. The van der Waals surface area contributed by atoms with Crippen LogP contribution in [-0.2, 0) is 9.47 Å². The Balaban J connectivity index is 3.07. The van der Waals surface area contributed by atoms with E-state index in [-0.39, 0.29) is 0 Å². The van der Waals surface area contributed by atoms with Gasteiger partial charge in [0, 0.05) is 13.2 Å². The zero-order valence-electron chi connectivity index (χ0n) is 15.7. The molecule has 0 aliphatic carbocycles. The standard InChI is InChI=1S/C21H40O2/c1-3-5-7-9-11-12-13-14-16-18-20-23-21-22-19-17-15-10-8-6-4-2/h9,11-13H,3-8,10,14-21H2,1-2H3. The Bertz CT molecular complexity index is 259. The van der Waals surface area contributed by atoms with Gasteiger partial charge in [-0.05, 0) is 32.1 Å². The van der Waals surface area contributed by atoms with Crippen LogP contribution in [0.3, 0.4) is 0 Å². The Morgan fingerprint density at radius 3 is 1.74 bits per heavy atom. The van der Waals surface area contributed by atoms with Gasteiger partial charge < -0.3 is 9.47 Å². The van der Waals surface area contributed by atoms with Crippen molar-refractivity contribution in [3.8, 4) is 0 Å². The molecule has 0 bridgehead atoms. The predicted octanol–water partition coefficient (Wildman–Crippen LogP) is 6.81. The van der Waals surface area contributed by atoms with Crippen molar-refractivity contribution in [1.29, 1.82) is 0 Å². The lowest BCUT2D eigenvalue weighted by atomic mass is 10.1. The molecule has 0 N–H and O–H groups in total. The van der Waals surface area contributed by atoms with Gasteiger partial charge in [-0.2, -0.15) is 0 Å². The summed E-state index contributed by atoms with van der Waals surface area (Å²) in [5, 5.41) is 0. The molecule has 0 aliphatic rings. The topological polar surface area (TPSA) is 18.5 Å². The molecule has 0 rings (SSSR count). The quantitative estimate of drug-likeness (QED) is 0.157. The number of rotatable bonds is 18. The smallest absolute Gasteiger partial charge is 0.146 e. The fraction of sp³-hybridized carbons (Fsp3) is 0.810. The highest BCUT2D eigenvalue weighted by atomic mass is 16.7. The van der Waals surface area contributed by atoms with Crippen LogP contribution in [0.2, 0.25) is 0 Å². The third kappa shape index (κ3) is 21.4. The molecule has 2 heteroatoms. The van der Waals surface area contributed by atoms with Gasteiger partial charge in [-0.3, -0.25) is 0 Å². The van der Waals surface area contributed by atoms with Gasteiger partial charge in [0.1, 0.15) is 6.79 Å². The molecular weight excluding hydrogens is 284 g/mol. The molecule has 0 aromatic heterocycles. The highest BCUT2D eigenvalue weighted by Crippen LogP contribution is 2.05. The summed E-state index contributed by atoms with van der Waals surface area (Å²) in [6.07, 6.45) is 23.9. The highest BCUT2D eigenvalue weighted by molar-refractivity contribution is 5.02. The van der Waals surface area contributed by atoms with E-state index in [2.05, 4.69) is 38.2 Å². The van der Waals surface area contributed by atoms with Crippen molar-refractivity contribution in [2.24, 2.45) is 0 Å². The van der Waals surface area contributed by atoms with E-state index in [0.29, 0.717) is 6.79 Å². The molecule has 0 heterocycles. The van der Waals surface area contributed by atoms with Crippen LogP contribution in [-0.4, -0.2) is 20.0 Å². The van der Waals surface area contributed by atoms with E-state index in [4.69, 9.17) is 9.47 Å². The average Bonchev–Trinajstić information content (AvgIpc) is 2.57. The maximum Gasteiger partial charge on any atom is 0.146 e. The van der Waals surface area contributed by atoms with Crippen molar-refractivity contribution in [2.75, 3.05) is 20.0 Å². The minimum atomic E-state index is 0.463. The number of unbranched alkanes of at least 4 members (excludes halogenated alkanes) is 9. The largest absolute Gasteiger partial charge is 0.355 e. The van der Waals surface area contributed by atoms with Crippen LogP contribution >= 0.6 is 0 Å². The van der Waals surface area contributed by atoms with E-state index in [9.17, 15) is 0 Å². The van der Waals surface area contributed by atoms with Gasteiger partial charge in [0.05, 0.1) is 0 Å². The summed E-state index contributed by atoms with van der Waals surface area (Å²) in [6, 6.07) is 0. The number of ether oxygens (including phenoxy) is 2. The summed E-state index contributed by atoms with van der Waals surface area (Å²) in [6.45, 7) is 6.61. The van der Waals surface area contributed by atoms with E-state index in [1.54, 1.807) is 0 Å². The fourth-order valence-electron chi connectivity index (χ4n) is 2.30. The number of allylic oxidation sites excluding steroid dienone is 4. The Morgan fingerprint density at radius 1 is 0.565 bits per heavy atom. The summed E-state index contributed by atoms with van der Waals surface area (Å²) in [4.78, 5) is 0. The normalized spacial score (nSPS) is 11.9. The zero-order chi connectivity index (χ0) is 16.8. The van der Waals surface area contributed by atoms with Gasteiger partial charge in [0.2, 0.25) is 0 Å². The molecule has 0 radical (unpaired) electrons. The molecule has 0 aliphatic heterocycles. The lowest BCUT2D eigenvalue weighted by molar-refractivity contribution is -0.0554. The maximum absolute atomic E-state index is 5.49. The first-order valence-corrected chi connectivity index (χ1v) is 9.89. The summed E-state index contributed by atoms with van der Waals surface area (Å²) >= 11 is 0. The van der Waals surface area contributed by atoms with Crippen LogP contribution in [0.4, 0.5) is 0 Å². The molecule has 2 nitrogen and oxygen atoms in total. The van der Waals surface area contributed by atoms with Gasteiger partial charge >= 0.3 is 0 Å². The molecule has 0 unspecified atom stereocenters. The lowest BCUT2D eigenvalue weighted by Gasteiger charge is -2.05. The van der Waals surface area contributed by atoms with Crippen LogP contribution in [0.25, 0.3) is 0 Å². The molecular formula is C21H40O2. The first kappa shape index (κ1) is 22.4. The van der Waals surface area contributed by atoms with Gasteiger partial charge in [0.15, 0.2) is 0 Å². The molecule has 0 amide bonds. The first-order chi connectivity index (χ1) is 11.4. The van der Waals surface area contributed by atoms with E-state index >= 15 is 0 Å².